The van der Waals surface area contributed by atoms with Crippen LogP contribution < -0.4 is 5.48 Å². The highest BCUT2D eigenvalue weighted by atomic mass is 35.5. The van der Waals surface area contributed by atoms with Crippen LogP contribution in [-0.2, 0) is 4.84 Å². The highest BCUT2D eigenvalue weighted by molar-refractivity contribution is 8.15. The van der Waals surface area contributed by atoms with Crippen molar-refractivity contribution in [2.45, 2.75) is 11.4 Å². The molecule has 22 heavy (non-hydrogen) atoms. The Bertz CT molecular complexity index is 746. The molecule has 2 heterocycles. The number of nitrogens with zero attached hydrogens (tertiary/aromatic N) is 2. The van der Waals surface area contributed by atoms with E-state index in [1.165, 1.54) is 0 Å². The quantitative estimate of drug-likeness (QED) is 0.901. The van der Waals surface area contributed by atoms with Crippen LogP contribution in [0.2, 0.25) is 5.02 Å². The van der Waals surface area contributed by atoms with Crippen molar-refractivity contribution in [1.29, 1.82) is 0 Å². The van der Waals surface area contributed by atoms with E-state index in [1.54, 1.807) is 11.8 Å². The van der Waals surface area contributed by atoms with E-state index in [-0.39, 0.29) is 11.4 Å². The van der Waals surface area contributed by atoms with Crippen LogP contribution in [0.4, 0.5) is 5.69 Å². The molecule has 0 spiro atoms. The Hall–Kier alpha value is -1.82. The lowest BCUT2D eigenvalue weighted by atomic mass is 10.1. The van der Waals surface area contributed by atoms with Gasteiger partial charge >= 0.3 is 0 Å². The lowest BCUT2D eigenvalue weighted by Gasteiger charge is -2.13. The molecule has 1 N–H and O–H groups in total. The van der Waals surface area contributed by atoms with E-state index in [1.807, 2.05) is 54.6 Å². The van der Waals surface area contributed by atoms with Crippen molar-refractivity contribution in [2.75, 3.05) is 0 Å². The third-order valence-corrected chi connectivity index (χ3v) is 4.83. The highest BCUT2D eigenvalue weighted by Gasteiger charge is 2.41. The first-order chi connectivity index (χ1) is 10.8. The molecule has 110 valence electrons. The van der Waals surface area contributed by atoms with E-state index < -0.39 is 0 Å². The number of thioether (sulfide) groups is 1. The van der Waals surface area contributed by atoms with Gasteiger partial charge in [-0.25, -0.2) is 9.98 Å². The predicted molar refractivity (Wildman–Crippen MR) is 90.8 cm³/mol. The molecular formula is C16H12ClN3OS. The first-order valence-corrected chi connectivity index (χ1v) is 8.11. The van der Waals surface area contributed by atoms with Gasteiger partial charge in [-0.05, 0) is 29.8 Å². The second-order valence-corrected chi connectivity index (χ2v) is 6.50. The van der Waals surface area contributed by atoms with Gasteiger partial charge in [0, 0.05) is 5.02 Å². The van der Waals surface area contributed by atoms with Crippen molar-refractivity contribution in [3.05, 3.63) is 65.2 Å². The van der Waals surface area contributed by atoms with Gasteiger partial charge < -0.3 is 0 Å². The molecule has 0 bridgehead atoms. The monoisotopic (exact) mass is 329 g/mol. The zero-order valence-electron chi connectivity index (χ0n) is 11.4. The zero-order chi connectivity index (χ0) is 14.9. The smallest absolute Gasteiger partial charge is 0.190 e. The fourth-order valence-corrected chi connectivity index (χ4v) is 3.60. The van der Waals surface area contributed by atoms with Crippen LogP contribution in [0.1, 0.15) is 11.7 Å². The predicted octanol–water partition coefficient (Wildman–Crippen LogP) is 4.12. The number of rotatable bonds is 2. The standard InChI is InChI=1S/C16H12ClN3OS/c17-11-8-6-10(7-9-11)13-14-15(20-21-13)19-16(22-14)18-12-4-2-1-3-5-12/h1-9,13-14H,(H,18,19,20)/t13-,14-/m1/s1. The van der Waals surface area contributed by atoms with Crippen LogP contribution in [0.15, 0.2) is 64.6 Å². The Kier molecular flexibility index (Phi) is 3.62. The Balaban J connectivity index is 1.57. The molecule has 0 radical (unpaired) electrons. The topological polar surface area (TPSA) is 46.0 Å². The van der Waals surface area contributed by atoms with Gasteiger partial charge in [0.15, 0.2) is 5.17 Å². The van der Waals surface area contributed by atoms with Gasteiger partial charge in [0.1, 0.15) is 17.2 Å². The van der Waals surface area contributed by atoms with Gasteiger partial charge in [-0.15, -0.1) is 0 Å². The van der Waals surface area contributed by atoms with E-state index in [9.17, 15) is 0 Å². The summed E-state index contributed by atoms with van der Waals surface area (Å²) < 4.78 is 0. The third-order valence-electron chi connectivity index (χ3n) is 3.46. The summed E-state index contributed by atoms with van der Waals surface area (Å²) in [6.07, 6.45) is -0.0931. The minimum Gasteiger partial charge on any atom is -0.265 e. The number of amidine groups is 2. The molecule has 6 heteroatoms. The molecular weight excluding hydrogens is 318 g/mol. The van der Waals surface area contributed by atoms with Crippen molar-refractivity contribution in [3.8, 4) is 0 Å². The second-order valence-electron chi connectivity index (χ2n) is 4.96. The summed E-state index contributed by atoms with van der Waals surface area (Å²) in [5, 5.41) is 1.57. The molecule has 1 saturated heterocycles. The van der Waals surface area contributed by atoms with Gasteiger partial charge in [0.05, 0.1) is 5.69 Å². The fourth-order valence-electron chi connectivity index (χ4n) is 2.39. The normalized spacial score (nSPS) is 25.0. The summed E-state index contributed by atoms with van der Waals surface area (Å²) in [7, 11) is 0. The molecule has 2 aromatic rings. The number of nitrogens with one attached hydrogen (secondary N) is 1. The Morgan fingerprint density at radius 2 is 1.86 bits per heavy atom. The Labute approximate surface area is 137 Å². The van der Waals surface area contributed by atoms with E-state index in [0.29, 0.717) is 5.02 Å². The number of benzene rings is 2. The molecule has 0 unspecified atom stereocenters. The molecule has 1 fully saturated rings. The number of hydroxylamine groups is 1. The number of fused-ring (bicyclic) bond motifs is 1. The first-order valence-electron chi connectivity index (χ1n) is 6.86. The van der Waals surface area contributed by atoms with Crippen LogP contribution in [0.25, 0.3) is 0 Å². The zero-order valence-corrected chi connectivity index (χ0v) is 13.0. The summed E-state index contributed by atoms with van der Waals surface area (Å²) >= 11 is 7.55. The van der Waals surface area contributed by atoms with E-state index >= 15 is 0 Å². The van der Waals surface area contributed by atoms with Gasteiger partial charge in [-0.3, -0.25) is 10.3 Å². The maximum atomic E-state index is 5.94. The van der Waals surface area contributed by atoms with E-state index in [4.69, 9.17) is 16.4 Å². The fraction of sp³-hybridized carbons (Fsp3) is 0.125. The summed E-state index contributed by atoms with van der Waals surface area (Å²) in [5.74, 6) is 0.819. The number of aliphatic imine (C=N–C) groups is 2. The molecule has 2 aliphatic rings. The van der Waals surface area contributed by atoms with Gasteiger partial charge in [-0.1, -0.05) is 53.7 Å². The van der Waals surface area contributed by atoms with Crippen molar-refractivity contribution in [2.24, 2.45) is 9.98 Å². The molecule has 4 nitrogen and oxygen atoms in total. The van der Waals surface area contributed by atoms with Crippen molar-refractivity contribution >= 4 is 40.1 Å². The molecule has 0 aromatic heterocycles. The summed E-state index contributed by atoms with van der Waals surface area (Å²) in [6, 6.07) is 17.5. The minimum atomic E-state index is -0.0931. The molecule has 2 aliphatic heterocycles. The number of para-hydroxylation sites is 1. The van der Waals surface area contributed by atoms with Crippen molar-refractivity contribution in [3.63, 3.8) is 0 Å². The summed E-state index contributed by atoms with van der Waals surface area (Å²) in [6.45, 7) is 0. The molecule has 0 saturated carbocycles. The van der Waals surface area contributed by atoms with Gasteiger partial charge in [-0.2, -0.15) is 0 Å². The van der Waals surface area contributed by atoms with Crippen molar-refractivity contribution in [1.82, 2.24) is 5.48 Å². The second kappa shape index (κ2) is 5.76. The SMILES string of the molecule is Clc1ccc([C@H]2ONC3=NC(=Nc4ccccc4)S[C@@H]32)cc1. The van der Waals surface area contributed by atoms with Crippen LogP contribution in [0.5, 0.6) is 0 Å². The van der Waals surface area contributed by atoms with E-state index in [2.05, 4.69) is 15.5 Å². The first kappa shape index (κ1) is 13.8. The van der Waals surface area contributed by atoms with Crippen LogP contribution in [0.3, 0.4) is 0 Å². The molecule has 2 atom stereocenters. The third kappa shape index (κ3) is 2.63. The average molecular weight is 330 g/mol. The minimum absolute atomic E-state index is 0.0931. The summed E-state index contributed by atoms with van der Waals surface area (Å²) in [5.41, 5.74) is 4.88. The summed E-state index contributed by atoms with van der Waals surface area (Å²) in [4.78, 5) is 14.7. The van der Waals surface area contributed by atoms with Crippen molar-refractivity contribution < 1.29 is 4.84 Å². The maximum absolute atomic E-state index is 5.94. The highest BCUT2D eigenvalue weighted by Crippen LogP contribution is 2.39. The average Bonchev–Trinajstić information content (AvgIpc) is 3.09. The van der Waals surface area contributed by atoms with Crippen LogP contribution in [0, 0.1) is 0 Å². The molecule has 0 aliphatic carbocycles. The van der Waals surface area contributed by atoms with Crippen LogP contribution >= 0.6 is 23.4 Å². The lowest BCUT2D eigenvalue weighted by molar-refractivity contribution is 0.0467. The Morgan fingerprint density at radius 1 is 1.09 bits per heavy atom. The number of hydrogen-bond donors (Lipinski definition) is 1. The molecule has 0 amide bonds. The number of hydrogen-bond acceptors (Lipinski definition) is 4. The molecule has 2 aromatic carbocycles. The number of halogens is 1. The van der Waals surface area contributed by atoms with Gasteiger partial charge in [0.25, 0.3) is 0 Å². The van der Waals surface area contributed by atoms with E-state index in [0.717, 1.165) is 22.3 Å². The molecule has 4 rings (SSSR count). The Morgan fingerprint density at radius 3 is 2.64 bits per heavy atom. The van der Waals surface area contributed by atoms with Crippen LogP contribution in [-0.4, -0.2) is 16.3 Å². The maximum Gasteiger partial charge on any atom is 0.190 e. The lowest BCUT2D eigenvalue weighted by Crippen LogP contribution is -2.17. The van der Waals surface area contributed by atoms with Gasteiger partial charge in [0.2, 0.25) is 0 Å². The largest absolute Gasteiger partial charge is 0.265 e.